The Kier molecular flexibility index (Phi) is 3.16. The van der Waals surface area contributed by atoms with E-state index in [-0.39, 0.29) is 5.76 Å². The highest BCUT2D eigenvalue weighted by molar-refractivity contribution is 5.73. The van der Waals surface area contributed by atoms with Crippen LogP contribution in [-0.4, -0.2) is 42.2 Å². The second-order valence-electron chi connectivity index (χ2n) is 5.27. The van der Waals surface area contributed by atoms with Crippen molar-refractivity contribution in [2.75, 3.05) is 26.7 Å². The van der Waals surface area contributed by atoms with Crippen LogP contribution in [0.3, 0.4) is 0 Å². The lowest BCUT2D eigenvalue weighted by Gasteiger charge is -2.35. The van der Waals surface area contributed by atoms with E-state index in [2.05, 4.69) is 23.3 Å². The highest BCUT2D eigenvalue weighted by Crippen LogP contribution is 2.15. The largest absolute Gasteiger partial charge is 0.419 e. The monoisotopic (exact) mass is 261 g/mol. The maximum Gasteiger partial charge on any atom is 0.419 e. The van der Waals surface area contributed by atoms with Crippen LogP contribution < -0.4 is 11.1 Å². The van der Waals surface area contributed by atoms with Crippen LogP contribution in [0.1, 0.15) is 5.56 Å². The minimum Gasteiger partial charge on any atom is -0.408 e. The van der Waals surface area contributed by atoms with E-state index in [0.29, 0.717) is 11.6 Å². The third-order valence-electron chi connectivity index (χ3n) is 3.99. The molecule has 2 aromatic rings. The predicted molar refractivity (Wildman–Crippen MR) is 74.4 cm³/mol. The van der Waals surface area contributed by atoms with E-state index >= 15 is 0 Å². The summed E-state index contributed by atoms with van der Waals surface area (Å²) >= 11 is 0. The van der Waals surface area contributed by atoms with Gasteiger partial charge in [-0.1, -0.05) is 6.07 Å². The average molecular weight is 261 g/mol. The zero-order chi connectivity index (χ0) is 13.4. The van der Waals surface area contributed by atoms with Gasteiger partial charge < -0.3 is 14.6 Å². The van der Waals surface area contributed by atoms with E-state index < -0.39 is 0 Å². The van der Waals surface area contributed by atoms with Crippen molar-refractivity contribution in [2.45, 2.75) is 12.5 Å². The molecule has 0 saturated carbocycles. The lowest BCUT2D eigenvalue weighted by molar-refractivity contribution is 0.182. The van der Waals surface area contributed by atoms with Crippen LogP contribution in [0.4, 0.5) is 0 Å². The van der Waals surface area contributed by atoms with Crippen molar-refractivity contribution in [3.63, 3.8) is 0 Å². The van der Waals surface area contributed by atoms with Gasteiger partial charge in [-0.3, -0.25) is 4.57 Å². The van der Waals surface area contributed by atoms with Crippen LogP contribution in [0.25, 0.3) is 11.1 Å². The van der Waals surface area contributed by atoms with Gasteiger partial charge in [0.25, 0.3) is 0 Å². The molecule has 5 heteroatoms. The lowest BCUT2D eigenvalue weighted by atomic mass is 10.1. The predicted octanol–water partition coefficient (Wildman–Crippen LogP) is 0.578. The van der Waals surface area contributed by atoms with Crippen molar-refractivity contribution >= 4 is 11.1 Å². The topological polar surface area (TPSA) is 50.4 Å². The van der Waals surface area contributed by atoms with Crippen LogP contribution in [-0.2, 0) is 13.5 Å². The number of fused-ring (bicyclic) bond motifs is 1. The molecule has 1 aliphatic heterocycles. The van der Waals surface area contributed by atoms with Crippen LogP contribution in [0.2, 0.25) is 0 Å². The fraction of sp³-hybridized carbons (Fsp3) is 0.500. The molecule has 1 saturated heterocycles. The smallest absolute Gasteiger partial charge is 0.408 e. The Bertz CT molecular complexity index is 640. The summed E-state index contributed by atoms with van der Waals surface area (Å²) in [5, 5.41) is 3.28. The maximum absolute atomic E-state index is 11.4. The van der Waals surface area contributed by atoms with Crippen molar-refractivity contribution in [3.8, 4) is 0 Å². The van der Waals surface area contributed by atoms with Gasteiger partial charge in [-0.15, -0.1) is 0 Å². The van der Waals surface area contributed by atoms with E-state index in [1.807, 2.05) is 12.1 Å². The van der Waals surface area contributed by atoms with Gasteiger partial charge in [0.1, 0.15) is 0 Å². The van der Waals surface area contributed by atoms with Gasteiger partial charge in [0, 0.05) is 32.7 Å². The maximum atomic E-state index is 11.4. The first-order valence-electron chi connectivity index (χ1n) is 6.64. The quantitative estimate of drug-likeness (QED) is 0.874. The Labute approximate surface area is 111 Å². The molecule has 0 bridgehead atoms. The third kappa shape index (κ3) is 2.31. The molecule has 2 heterocycles. The first-order chi connectivity index (χ1) is 9.15. The second-order valence-corrected chi connectivity index (χ2v) is 5.27. The minimum atomic E-state index is -0.301. The normalized spacial score (nSPS) is 16.2. The van der Waals surface area contributed by atoms with Gasteiger partial charge in [-0.2, -0.15) is 0 Å². The molecule has 1 fully saturated rings. The van der Waals surface area contributed by atoms with Gasteiger partial charge in [0.2, 0.25) is 0 Å². The van der Waals surface area contributed by atoms with E-state index in [1.54, 1.807) is 7.05 Å². The molecule has 1 aromatic heterocycles. The summed E-state index contributed by atoms with van der Waals surface area (Å²) in [4.78, 5) is 13.8. The number of aryl methyl sites for hydroxylation is 1. The van der Waals surface area contributed by atoms with Crippen LogP contribution in [0.15, 0.2) is 27.4 Å². The molecular weight excluding hydrogens is 242 g/mol. The molecule has 0 atom stereocenters. The lowest BCUT2D eigenvalue weighted by Crippen LogP contribution is -2.56. The fourth-order valence-electron chi connectivity index (χ4n) is 2.41. The average Bonchev–Trinajstić information content (AvgIpc) is 2.60. The molecule has 0 radical (unpaired) electrons. The molecule has 0 unspecified atom stereocenters. The van der Waals surface area contributed by atoms with Gasteiger partial charge in [0.15, 0.2) is 5.58 Å². The molecule has 5 nitrogen and oxygen atoms in total. The van der Waals surface area contributed by atoms with Gasteiger partial charge >= 0.3 is 5.76 Å². The van der Waals surface area contributed by atoms with E-state index in [0.717, 1.165) is 31.6 Å². The van der Waals surface area contributed by atoms with Crippen LogP contribution in [0, 0.1) is 0 Å². The van der Waals surface area contributed by atoms with Crippen molar-refractivity contribution in [2.24, 2.45) is 7.05 Å². The summed E-state index contributed by atoms with van der Waals surface area (Å²) in [5.41, 5.74) is 2.74. The molecule has 19 heavy (non-hydrogen) atoms. The van der Waals surface area contributed by atoms with Crippen molar-refractivity contribution in [3.05, 3.63) is 34.3 Å². The standard InChI is InChI=1S/C14H19N3O2/c1-16(11-8-15-9-11)6-5-10-3-4-12-13(7-10)19-14(18)17(12)2/h3-4,7,11,15H,5-6,8-9H2,1-2H3. The van der Waals surface area contributed by atoms with E-state index in [9.17, 15) is 4.79 Å². The summed E-state index contributed by atoms with van der Waals surface area (Å²) in [6, 6.07) is 6.67. The highest BCUT2D eigenvalue weighted by Gasteiger charge is 2.20. The summed E-state index contributed by atoms with van der Waals surface area (Å²) < 4.78 is 6.74. The zero-order valence-electron chi connectivity index (χ0n) is 11.3. The number of oxazole rings is 1. The summed E-state index contributed by atoms with van der Waals surface area (Å²) in [6.07, 6.45) is 0.974. The number of hydrogen-bond donors (Lipinski definition) is 1. The number of likely N-dealkylation sites (N-methyl/N-ethyl adjacent to an activating group) is 1. The third-order valence-corrected chi connectivity index (χ3v) is 3.99. The van der Waals surface area contributed by atoms with Crippen LogP contribution >= 0.6 is 0 Å². The Morgan fingerprint density at radius 3 is 2.95 bits per heavy atom. The first kappa shape index (κ1) is 12.4. The highest BCUT2D eigenvalue weighted by atomic mass is 16.4. The molecule has 1 aliphatic rings. The fourth-order valence-corrected chi connectivity index (χ4v) is 2.41. The first-order valence-corrected chi connectivity index (χ1v) is 6.64. The SMILES string of the molecule is CN(CCc1ccc2c(c1)oc(=O)n2C)C1CNC1. The number of rotatable bonds is 4. The second kappa shape index (κ2) is 4.83. The van der Waals surface area contributed by atoms with E-state index in [1.165, 1.54) is 10.1 Å². The van der Waals surface area contributed by atoms with Crippen molar-refractivity contribution in [1.29, 1.82) is 0 Å². The Hall–Kier alpha value is -1.59. The minimum absolute atomic E-state index is 0.301. The Balaban J connectivity index is 1.72. The molecule has 102 valence electrons. The zero-order valence-corrected chi connectivity index (χ0v) is 11.3. The van der Waals surface area contributed by atoms with Gasteiger partial charge in [0.05, 0.1) is 5.52 Å². The van der Waals surface area contributed by atoms with E-state index in [4.69, 9.17) is 4.42 Å². The Morgan fingerprint density at radius 1 is 1.47 bits per heavy atom. The molecule has 3 rings (SSSR count). The molecule has 1 N–H and O–H groups in total. The number of hydrogen-bond acceptors (Lipinski definition) is 4. The van der Waals surface area contributed by atoms with Crippen molar-refractivity contribution in [1.82, 2.24) is 14.8 Å². The summed E-state index contributed by atoms with van der Waals surface area (Å²) in [7, 11) is 3.89. The number of nitrogens with one attached hydrogen (secondary N) is 1. The summed E-state index contributed by atoms with van der Waals surface area (Å²) in [5.74, 6) is -0.301. The summed E-state index contributed by atoms with van der Waals surface area (Å²) in [6.45, 7) is 3.20. The number of benzene rings is 1. The Morgan fingerprint density at radius 2 is 2.26 bits per heavy atom. The molecule has 1 aromatic carbocycles. The van der Waals surface area contributed by atoms with Crippen molar-refractivity contribution < 1.29 is 4.42 Å². The molecular formula is C14H19N3O2. The van der Waals surface area contributed by atoms with Gasteiger partial charge in [-0.25, -0.2) is 4.79 Å². The molecule has 0 amide bonds. The molecule has 0 spiro atoms. The number of aromatic nitrogens is 1. The van der Waals surface area contributed by atoms with Crippen LogP contribution in [0.5, 0.6) is 0 Å². The number of nitrogens with zero attached hydrogens (tertiary/aromatic N) is 2. The van der Waals surface area contributed by atoms with Gasteiger partial charge in [-0.05, 0) is 31.2 Å². The molecule has 0 aliphatic carbocycles.